The maximum Gasteiger partial charge on any atom is 0.119 e. The Hall–Kier alpha value is -2.10. The van der Waals surface area contributed by atoms with Crippen molar-refractivity contribution in [3.8, 4) is 5.75 Å². The molecule has 0 aromatic heterocycles. The van der Waals surface area contributed by atoms with Gasteiger partial charge in [-0.15, -0.1) is 0 Å². The summed E-state index contributed by atoms with van der Waals surface area (Å²) < 4.78 is 6.25. The molecular formula is C27H36N2O. The molecule has 2 saturated heterocycles. The van der Waals surface area contributed by atoms with Crippen molar-refractivity contribution in [3.63, 3.8) is 0 Å². The highest BCUT2D eigenvalue weighted by atomic mass is 16.5. The number of piperidine rings is 2. The number of benzene rings is 2. The zero-order valence-corrected chi connectivity index (χ0v) is 18.6. The molecule has 4 rings (SSSR count). The molecule has 0 bridgehead atoms. The Labute approximate surface area is 182 Å². The SMILES string of the molecule is CC(C)N1CCC(Oc2ccc(CN3CCC(=Cc4ccccc4)CC3)cc2)CC1. The first kappa shape index (κ1) is 21.1. The fourth-order valence-electron chi connectivity index (χ4n) is 4.56. The smallest absolute Gasteiger partial charge is 0.119 e. The van der Waals surface area contributed by atoms with Crippen molar-refractivity contribution >= 4 is 6.08 Å². The van der Waals surface area contributed by atoms with Gasteiger partial charge < -0.3 is 9.64 Å². The van der Waals surface area contributed by atoms with Crippen molar-refractivity contribution in [2.75, 3.05) is 26.2 Å². The molecule has 0 spiro atoms. The van der Waals surface area contributed by atoms with Crippen LogP contribution in [0.1, 0.15) is 50.7 Å². The molecule has 0 saturated carbocycles. The van der Waals surface area contributed by atoms with E-state index >= 15 is 0 Å². The molecule has 0 unspecified atom stereocenters. The molecule has 2 aliphatic heterocycles. The summed E-state index contributed by atoms with van der Waals surface area (Å²) in [5, 5.41) is 0. The number of hydrogen-bond donors (Lipinski definition) is 0. The van der Waals surface area contributed by atoms with E-state index in [1.54, 1.807) is 5.57 Å². The van der Waals surface area contributed by atoms with Gasteiger partial charge in [0.1, 0.15) is 11.9 Å². The standard InChI is InChI=1S/C27H36N2O/c1-22(2)29-18-14-27(15-19-29)30-26-10-8-25(9-11-26)21-28-16-12-24(13-17-28)20-23-6-4-3-5-7-23/h3-11,20,22,27H,12-19,21H2,1-2H3. The Morgan fingerprint density at radius 2 is 1.57 bits per heavy atom. The molecule has 0 radical (unpaired) electrons. The fourth-order valence-corrected chi connectivity index (χ4v) is 4.56. The summed E-state index contributed by atoms with van der Waals surface area (Å²) in [5.74, 6) is 1.02. The minimum atomic E-state index is 0.364. The summed E-state index contributed by atoms with van der Waals surface area (Å²) in [5.41, 5.74) is 4.28. The third-order valence-corrected chi connectivity index (χ3v) is 6.51. The second-order valence-corrected chi connectivity index (χ2v) is 9.08. The molecule has 2 aromatic carbocycles. The highest BCUT2D eigenvalue weighted by Crippen LogP contribution is 2.23. The van der Waals surface area contributed by atoms with Gasteiger partial charge in [0.2, 0.25) is 0 Å². The fraction of sp³-hybridized carbons (Fsp3) is 0.481. The summed E-state index contributed by atoms with van der Waals surface area (Å²) in [7, 11) is 0. The van der Waals surface area contributed by atoms with Gasteiger partial charge in [-0.1, -0.05) is 54.1 Å². The van der Waals surface area contributed by atoms with E-state index in [-0.39, 0.29) is 0 Å². The van der Waals surface area contributed by atoms with Gasteiger partial charge in [-0.25, -0.2) is 0 Å². The first-order valence-electron chi connectivity index (χ1n) is 11.6. The normalized spacial score (nSPS) is 19.2. The van der Waals surface area contributed by atoms with Gasteiger partial charge in [-0.2, -0.15) is 0 Å². The number of rotatable bonds is 6. The van der Waals surface area contributed by atoms with E-state index in [9.17, 15) is 0 Å². The van der Waals surface area contributed by atoms with E-state index in [0.29, 0.717) is 12.1 Å². The molecule has 0 amide bonds. The predicted octanol–water partition coefficient (Wildman–Crippen LogP) is 5.62. The van der Waals surface area contributed by atoms with Crippen LogP contribution in [0, 0.1) is 0 Å². The molecule has 2 fully saturated rings. The third kappa shape index (κ3) is 5.96. The van der Waals surface area contributed by atoms with Crippen LogP contribution in [-0.4, -0.2) is 48.1 Å². The maximum absolute atomic E-state index is 6.25. The summed E-state index contributed by atoms with van der Waals surface area (Å²) in [6.07, 6.45) is 7.34. The van der Waals surface area contributed by atoms with Gasteiger partial charge in [0.15, 0.2) is 0 Å². The second kappa shape index (κ2) is 10.3. The lowest BCUT2D eigenvalue weighted by Gasteiger charge is -2.34. The largest absolute Gasteiger partial charge is 0.490 e. The van der Waals surface area contributed by atoms with Crippen LogP contribution >= 0.6 is 0 Å². The van der Waals surface area contributed by atoms with Gasteiger partial charge >= 0.3 is 0 Å². The van der Waals surface area contributed by atoms with E-state index in [0.717, 1.165) is 51.3 Å². The zero-order chi connectivity index (χ0) is 20.8. The van der Waals surface area contributed by atoms with Gasteiger partial charge in [0.25, 0.3) is 0 Å². The topological polar surface area (TPSA) is 15.7 Å². The molecule has 0 atom stereocenters. The lowest BCUT2D eigenvalue weighted by Crippen LogP contribution is -2.41. The molecular weight excluding hydrogens is 368 g/mol. The Balaban J connectivity index is 1.22. The van der Waals surface area contributed by atoms with Crippen molar-refractivity contribution in [2.24, 2.45) is 0 Å². The van der Waals surface area contributed by atoms with Gasteiger partial charge in [0.05, 0.1) is 0 Å². The number of likely N-dealkylation sites (tertiary alicyclic amines) is 2. The molecule has 160 valence electrons. The lowest BCUT2D eigenvalue weighted by atomic mass is 10.0. The van der Waals surface area contributed by atoms with Crippen LogP contribution in [0.15, 0.2) is 60.2 Å². The minimum absolute atomic E-state index is 0.364. The number of hydrogen-bond acceptors (Lipinski definition) is 3. The average Bonchev–Trinajstić information content (AvgIpc) is 2.78. The first-order chi connectivity index (χ1) is 14.7. The van der Waals surface area contributed by atoms with Crippen molar-refractivity contribution in [3.05, 3.63) is 71.3 Å². The maximum atomic E-state index is 6.25. The van der Waals surface area contributed by atoms with Gasteiger partial charge in [-0.3, -0.25) is 4.90 Å². The van der Waals surface area contributed by atoms with E-state index in [4.69, 9.17) is 4.74 Å². The first-order valence-corrected chi connectivity index (χ1v) is 11.6. The van der Waals surface area contributed by atoms with Gasteiger partial charge in [0, 0.05) is 38.8 Å². The van der Waals surface area contributed by atoms with Crippen molar-refractivity contribution in [1.82, 2.24) is 9.80 Å². The monoisotopic (exact) mass is 404 g/mol. The van der Waals surface area contributed by atoms with Crippen LogP contribution in [-0.2, 0) is 6.54 Å². The Morgan fingerprint density at radius 3 is 2.20 bits per heavy atom. The Kier molecular flexibility index (Phi) is 7.24. The second-order valence-electron chi connectivity index (χ2n) is 9.08. The van der Waals surface area contributed by atoms with Gasteiger partial charge in [-0.05, 0) is 62.8 Å². The van der Waals surface area contributed by atoms with E-state index in [2.05, 4.69) is 84.3 Å². The van der Waals surface area contributed by atoms with E-state index < -0.39 is 0 Å². The molecule has 30 heavy (non-hydrogen) atoms. The number of nitrogens with zero attached hydrogens (tertiary/aromatic N) is 2. The van der Waals surface area contributed by atoms with Crippen molar-refractivity contribution in [1.29, 1.82) is 0 Å². The summed E-state index contributed by atoms with van der Waals surface area (Å²) in [6, 6.07) is 20.1. The lowest BCUT2D eigenvalue weighted by molar-refractivity contribution is 0.0843. The summed E-state index contributed by atoms with van der Waals surface area (Å²) in [4.78, 5) is 5.11. The molecule has 3 heteroatoms. The molecule has 3 nitrogen and oxygen atoms in total. The van der Waals surface area contributed by atoms with Crippen LogP contribution in [0.5, 0.6) is 5.75 Å². The van der Waals surface area contributed by atoms with Crippen LogP contribution in [0.25, 0.3) is 6.08 Å². The van der Waals surface area contributed by atoms with Crippen LogP contribution in [0.4, 0.5) is 0 Å². The zero-order valence-electron chi connectivity index (χ0n) is 18.6. The number of ether oxygens (including phenoxy) is 1. The van der Waals surface area contributed by atoms with Crippen molar-refractivity contribution < 1.29 is 4.74 Å². The predicted molar refractivity (Wildman–Crippen MR) is 126 cm³/mol. The molecule has 2 aromatic rings. The molecule has 2 heterocycles. The third-order valence-electron chi connectivity index (χ3n) is 6.51. The van der Waals surface area contributed by atoms with E-state index in [1.165, 1.54) is 24.0 Å². The summed E-state index contributed by atoms with van der Waals surface area (Å²) >= 11 is 0. The van der Waals surface area contributed by atoms with Crippen LogP contribution in [0.2, 0.25) is 0 Å². The highest BCUT2D eigenvalue weighted by molar-refractivity contribution is 5.52. The average molecular weight is 405 g/mol. The minimum Gasteiger partial charge on any atom is -0.490 e. The molecule has 0 aliphatic carbocycles. The van der Waals surface area contributed by atoms with E-state index in [1.807, 2.05) is 0 Å². The van der Waals surface area contributed by atoms with Crippen LogP contribution in [0.3, 0.4) is 0 Å². The Bertz CT molecular complexity index is 795. The molecule has 0 N–H and O–H groups in total. The highest BCUT2D eigenvalue weighted by Gasteiger charge is 2.22. The van der Waals surface area contributed by atoms with Crippen molar-refractivity contribution in [2.45, 2.75) is 58.2 Å². The summed E-state index contributed by atoms with van der Waals surface area (Å²) in [6.45, 7) is 10.2. The Morgan fingerprint density at radius 1 is 0.900 bits per heavy atom. The van der Waals surface area contributed by atoms with Crippen LogP contribution < -0.4 is 4.74 Å². The molecule has 2 aliphatic rings. The quantitative estimate of drug-likeness (QED) is 0.622.